The molecule has 3 aromatic rings. The van der Waals surface area contributed by atoms with E-state index in [2.05, 4.69) is 10.2 Å². The van der Waals surface area contributed by atoms with E-state index in [1.165, 1.54) is 0 Å². The zero-order valence-electron chi connectivity index (χ0n) is 13.4. The maximum Gasteiger partial charge on any atom is 0.247 e. The van der Waals surface area contributed by atoms with Crippen molar-refractivity contribution in [1.82, 2.24) is 19.5 Å². The van der Waals surface area contributed by atoms with E-state index in [0.29, 0.717) is 5.76 Å². The first-order valence-electron chi connectivity index (χ1n) is 8.07. The Kier molecular flexibility index (Phi) is 3.65. The standard InChI is InChI=1S/C18H18N4O2/c1-13-7-8-14(24-13)9-10-17(23)21-12-4-5-15(21)18-20-19-16-6-2-3-11-22(16)18/h2-3,6-11,15H,4-5,12H2,1H3/b10-9+/t15-/m1/s1. The molecule has 1 amide bonds. The van der Waals surface area contributed by atoms with Crippen molar-refractivity contribution in [1.29, 1.82) is 0 Å². The van der Waals surface area contributed by atoms with Crippen LogP contribution in [0.2, 0.25) is 0 Å². The minimum Gasteiger partial charge on any atom is -0.462 e. The molecular weight excluding hydrogens is 304 g/mol. The summed E-state index contributed by atoms with van der Waals surface area (Å²) in [4.78, 5) is 14.5. The molecule has 1 saturated heterocycles. The van der Waals surface area contributed by atoms with E-state index in [4.69, 9.17) is 4.42 Å². The monoisotopic (exact) mass is 322 g/mol. The second-order valence-electron chi connectivity index (χ2n) is 5.96. The summed E-state index contributed by atoms with van der Waals surface area (Å²) in [7, 11) is 0. The molecule has 4 rings (SSSR count). The zero-order chi connectivity index (χ0) is 16.5. The lowest BCUT2D eigenvalue weighted by molar-refractivity contribution is -0.127. The van der Waals surface area contributed by atoms with Gasteiger partial charge < -0.3 is 9.32 Å². The Hall–Kier alpha value is -2.89. The van der Waals surface area contributed by atoms with Gasteiger partial charge in [0.05, 0.1) is 6.04 Å². The van der Waals surface area contributed by atoms with Crippen molar-refractivity contribution in [3.8, 4) is 0 Å². The van der Waals surface area contributed by atoms with Crippen LogP contribution in [0.25, 0.3) is 11.7 Å². The van der Waals surface area contributed by atoms with Gasteiger partial charge in [0.1, 0.15) is 11.5 Å². The van der Waals surface area contributed by atoms with Crippen LogP contribution in [0.5, 0.6) is 0 Å². The van der Waals surface area contributed by atoms with Gasteiger partial charge in [-0.1, -0.05) is 6.07 Å². The summed E-state index contributed by atoms with van der Waals surface area (Å²) < 4.78 is 7.42. The van der Waals surface area contributed by atoms with E-state index >= 15 is 0 Å². The molecule has 0 aliphatic carbocycles. The van der Waals surface area contributed by atoms with Gasteiger partial charge in [-0.05, 0) is 50.1 Å². The third kappa shape index (κ3) is 2.60. The number of aromatic nitrogens is 3. The van der Waals surface area contributed by atoms with Crippen molar-refractivity contribution < 1.29 is 9.21 Å². The number of aryl methyl sites for hydroxylation is 1. The van der Waals surface area contributed by atoms with Crippen LogP contribution in [-0.2, 0) is 4.79 Å². The summed E-state index contributed by atoms with van der Waals surface area (Å²) in [5, 5.41) is 8.50. The predicted octanol–water partition coefficient (Wildman–Crippen LogP) is 3.01. The summed E-state index contributed by atoms with van der Waals surface area (Å²) in [6.45, 7) is 2.61. The van der Waals surface area contributed by atoms with Crippen molar-refractivity contribution in [2.24, 2.45) is 0 Å². The number of amides is 1. The molecule has 122 valence electrons. The summed E-state index contributed by atoms with van der Waals surface area (Å²) in [6.07, 6.45) is 7.08. The number of rotatable bonds is 3. The lowest BCUT2D eigenvalue weighted by Gasteiger charge is -2.22. The summed E-state index contributed by atoms with van der Waals surface area (Å²) in [6, 6.07) is 9.48. The number of carbonyl (C=O) groups is 1. The summed E-state index contributed by atoms with van der Waals surface area (Å²) >= 11 is 0. The second-order valence-corrected chi connectivity index (χ2v) is 5.96. The van der Waals surface area contributed by atoms with Gasteiger partial charge in [0.15, 0.2) is 11.5 Å². The highest BCUT2D eigenvalue weighted by molar-refractivity contribution is 5.91. The third-order valence-electron chi connectivity index (χ3n) is 4.33. The number of hydrogen-bond donors (Lipinski definition) is 0. The first-order valence-corrected chi connectivity index (χ1v) is 8.07. The Labute approximate surface area is 139 Å². The van der Waals surface area contributed by atoms with Crippen molar-refractivity contribution >= 4 is 17.6 Å². The highest BCUT2D eigenvalue weighted by atomic mass is 16.3. The number of likely N-dealkylation sites (tertiary alicyclic amines) is 1. The minimum atomic E-state index is -0.0436. The lowest BCUT2D eigenvalue weighted by atomic mass is 10.2. The van der Waals surface area contributed by atoms with Gasteiger partial charge in [0.25, 0.3) is 0 Å². The largest absolute Gasteiger partial charge is 0.462 e. The van der Waals surface area contributed by atoms with Gasteiger partial charge in [0.2, 0.25) is 5.91 Å². The zero-order valence-corrected chi connectivity index (χ0v) is 13.4. The molecule has 0 unspecified atom stereocenters. The first-order chi connectivity index (χ1) is 11.7. The van der Waals surface area contributed by atoms with Crippen LogP contribution >= 0.6 is 0 Å². The predicted molar refractivity (Wildman–Crippen MR) is 89.2 cm³/mol. The van der Waals surface area contributed by atoms with Gasteiger partial charge in [-0.3, -0.25) is 9.20 Å². The summed E-state index contributed by atoms with van der Waals surface area (Å²) in [5.41, 5.74) is 0.799. The molecule has 0 N–H and O–H groups in total. The number of fused-ring (bicyclic) bond motifs is 1. The van der Waals surface area contributed by atoms with E-state index in [0.717, 1.165) is 36.6 Å². The molecule has 4 heterocycles. The molecule has 1 aliphatic heterocycles. The van der Waals surface area contributed by atoms with Crippen LogP contribution in [0.4, 0.5) is 0 Å². The Morgan fingerprint density at radius 1 is 1.29 bits per heavy atom. The second kappa shape index (κ2) is 5.96. The van der Waals surface area contributed by atoms with Gasteiger partial charge >= 0.3 is 0 Å². The molecule has 1 atom stereocenters. The molecule has 1 fully saturated rings. The van der Waals surface area contributed by atoms with E-state index in [9.17, 15) is 4.79 Å². The SMILES string of the molecule is Cc1ccc(/C=C/C(=O)N2CCC[C@@H]2c2nnc3ccccn23)o1. The average molecular weight is 322 g/mol. The molecule has 6 nitrogen and oxygen atoms in total. The maximum absolute atomic E-state index is 12.6. The molecule has 24 heavy (non-hydrogen) atoms. The highest BCUT2D eigenvalue weighted by Crippen LogP contribution is 2.31. The van der Waals surface area contributed by atoms with Crippen LogP contribution in [-0.4, -0.2) is 31.9 Å². The summed E-state index contributed by atoms with van der Waals surface area (Å²) in [5.74, 6) is 2.30. The van der Waals surface area contributed by atoms with E-state index < -0.39 is 0 Å². The van der Waals surface area contributed by atoms with Crippen molar-refractivity contribution in [3.05, 3.63) is 59.9 Å². The molecule has 6 heteroatoms. The quantitative estimate of drug-likeness (QED) is 0.695. The fourth-order valence-electron chi connectivity index (χ4n) is 3.18. The smallest absolute Gasteiger partial charge is 0.247 e. The van der Waals surface area contributed by atoms with Gasteiger partial charge in [0, 0.05) is 18.8 Å². The molecule has 0 bridgehead atoms. The molecule has 0 radical (unpaired) electrons. The fraction of sp³-hybridized carbons (Fsp3) is 0.278. The van der Waals surface area contributed by atoms with E-state index in [1.807, 2.05) is 52.8 Å². The fourth-order valence-corrected chi connectivity index (χ4v) is 3.18. The van der Waals surface area contributed by atoms with E-state index in [-0.39, 0.29) is 11.9 Å². The van der Waals surface area contributed by atoms with Gasteiger partial charge in [-0.25, -0.2) is 0 Å². The topological polar surface area (TPSA) is 63.6 Å². The Morgan fingerprint density at radius 2 is 2.21 bits per heavy atom. The van der Waals surface area contributed by atoms with Crippen LogP contribution in [0.15, 0.2) is 47.0 Å². The van der Waals surface area contributed by atoms with Crippen LogP contribution in [0.1, 0.15) is 36.2 Å². The number of furan rings is 1. The average Bonchev–Trinajstić information content (AvgIpc) is 3.31. The number of nitrogens with zero attached hydrogens (tertiary/aromatic N) is 4. The van der Waals surface area contributed by atoms with Crippen molar-refractivity contribution in [2.75, 3.05) is 6.54 Å². The molecular formula is C18H18N4O2. The molecule has 3 aromatic heterocycles. The Balaban J connectivity index is 1.58. The molecule has 0 saturated carbocycles. The molecule has 0 spiro atoms. The normalized spacial score (nSPS) is 18.0. The highest BCUT2D eigenvalue weighted by Gasteiger charge is 2.32. The van der Waals surface area contributed by atoms with Gasteiger partial charge in [-0.15, -0.1) is 10.2 Å². The van der Waals surface area contributed by atoms with Crippen molar-refractivity contribution in [3.63, 3.8) is 0 Å². The first kappa shape index (κ1) is 14.7. The molecule has 0 aromatic carbocycles. The maximum atomic E-state index is 12.6. The Bertz CT molecular complexity index is 909. The van der Waals surface area contributed by atoms with Crippen molar-refractivity contribution in [2.45, 2.75) is 25.8 Å². The Morgan fingerprint density at radius 3 is 3.04 bits per heavy atom. The van der Waals surface area contributed by atoms with Gasteiger partial charge in [-0.2, -0.15) is 0 Å². The molecule has 1 aliphatic rings. The number of pyridine rings is 1. The van der Waals surface area contributed by atoms with Crippen LogP contribution < -0.4 is 0 Å². The van der Waals surface area contributed by atoms with E-state index in [1.54, 1.807) is 12.2 Å². The third-order valence-corrected chi connectivity index (χ3v) is 4.33. The lowest BCUT2D eigenvalue weighted by Crippen LogP contribution is -2.30. The number of carbonyl (C=O) groups excluding carboxylic acids is 1. The minimum absolute atomic E-state index is 0.0285. The van der Waals surface area contributed by atoms with Crippen LogP contribution in [0, 0.1) is 6.92 Å². The number of hydrogen-bond acceptors (Lipinski definition) is 4. The van der Waals surface area contributed by atoms with Crippen LogP contribution in [0.3, 0.4) is 0 Å².